The van der Waals surface area contributed by atoms with Crippen molar-refractivity contribution in [2.24, 2.45) is 0 Å². The number of unbranched alkanes of at least 4 members (excludes halogenated alkanes) is 1. The second-order valence-corrected chi connectivity index (χ2v) is 3.40. The number of ketones is 1. The molecule has 1 aromatic rings. The number of hydrogen-bond acceptors (Lipinski definition) is 3. The van der Waals surface area contributed by atoms with E-state index in [9.17, 15) is 4.79 Å². The first-order chi connectivity index (χ1) is 7.33. The summed E-state index contributed by atoms with van der Waals surface area (Å²) in [6.45, 7) is 2.20. The molecule has 0 fully saturated rings. The molecule has 82 valence electrons. The molecule has 3 heteroatoms. The van der Waals surface area contributed by atoms with Crippen LogP contribution in [-0.2, 0) is 9.63 Å². The average Bonchev–Trinajstić information content (AvgIpc) is 2.28. The van der Waals surface area contributed by atoms with Crippen LogP contribution in [-0.4, -0.2) is 12.4 Å². The van der Waals surface area contributed by atoms with Crippen molar-refractivity contribution in [2.45, 2.75) is 26.2 Å². The van der Waals surface area contributed by atoms with Gasteiger partial charge in [-0.05, 0) is 18.6 Å². The second kappa shape index (κ2) is 7.01. The lowest BCUT2D eigenvalue weighted by molar-refractivity contribution is -0.122. The smallest absolute Gasteiger partial charge is 0.161 e. The van der Waals surface area contributed by atoms with Gasteiger partial charge in [0.25, 0.3) is 0 Å². The predicted molar refractivity (Wildman–Crippen MR) is 60.5 cm³/mol. The monoisotopic (exact) mass is 207 g/mol. The Bertz CT molecular complexity index is 285. The molecule has 3 nitrogen and oxygen atoms in total. The lowest BCUT2D eigenvalue weighted by atomic mass is 10.2. The van der Waals surface area contributed by atoms with Crippen molar-refractivity contribution in [3.05, 3.63) is 30.3 Å². The molecule has 0 heterocycles. The molecule has 1 aromatic carbocycles. The van der Waals surface area contributed by atoms with Gasteiger partial charge in [0.15, 0.2) is 5.78 Å². The number of carbonyl (C=O) groups is 1. The Kier molecular flexibility index (Phi) is 5.48. The van der Waals surface area contributed by atoms with Gasteiger partial charge < -0.3 is 0 Å². The average molecular weight is 207 g/mol. The normalized spacial score (nSPS) is 9.93. The number of Topliss-reactive ketones (excluding diaryl/α,β-unsaturated/α-hetero) is 1. The number of carbonyl (C=O) groups excluding carboxylic acids is 1. The summed E-state index contributed by atoms with van der Waals surface area (Å²) in [7, 11) is 0. The summed E-state index contributed by atoms with van der Waals surface area (Å²) in [5, 5.41) is 0. The van der Waals surface area contributed by atoms with Crippen LogP contribution in [0.1, 0.15) is 26.2 Å². The minimum absolute atomic E-state index is 0.134. The predicted octanol–water partition coefficient (Wildman–Crippen LogP) is 2.79. The van der Waals surface area contributed by atoms with Crippen LogP contribution in [0.15, 0.2) is 30.3 Å². The zero-order valence-corrected chi connectivity index (χ0v) is 9.03. The third-order valence-electron chi connectivity index (χ3n) is 2.01. The molecule has 0 aliphatic rings. The molecule has 0 saturated carbocycles. The Hall–Kier alpha value is -1.35. The highest BCUT2D eigenvalue weighted by Gasteiger charge is 2.00. The molecule has 0 atom stereocenters. The Balaban J connectivity index is 2.14. The van der Waals surface area contributed by atoms with Gasteiger partial charge in [0.2, 0.25) is 0 Å². The van der Waals surface area contributed by atoms with E-state index in [0.29, 0.717) is 6.42 Å². The topological polar surface area (TPSA) is 38.3 Å². The lowest BCUT2D eigenvalue weighted by Crippen LogP contribution is -2.12. The molecule has 1 N–H and O–H groups in total. The van der Waals surface area contributed by atoms with Crippen molar-refractivity contribution in [3.63, 3.8) is 0 Å². The van der Waals surface area contributed by atoms with Gasteiger partial charge >= 0.3 is 0 Å². The first kappa shape index (κ1) is 11.7. The number of benzene rings is 1. The maximum atomic E-state index is 11.2. The number of anilines is 1. The molecule has 1 rings (SSSR count). The van der Waals surface area contributed by atoms with E-state index in [0.717, 1.165) is 18.5 Å². The van der Waals surface area contributed by atoms with E-state index in [-0.39, 0.29) is 12.4 Å². The molecule has 0 aromatic heterocycles. The molecule has 15 heavy (non-hydrogen) atoms. The van der Waals surface area contributed by atoms with E-state index in [4.69, 9.17) is 4.84 Å². The van der Waals surface area contributed by atoms with Crippen molar-refractivity contribution in [3.8, 4) is 0 Å². The largest absolute Gasteiger partial charge is 0.297 e. The van der Waals surface area contributed by atoms with E-state index in [1.807, 2.05) is 30.3 Å². The van der Waals surface area contributed by atoms with Crippen LogP contribution in [0.3, 0.4) is 0 Å². The van der Waals surface area contributed by atoms with E-state index in [1.54, 1.807) is 0 Å². The standard InChI is InChI=1S/C12H17NO2/c1-2-3-9-12(14)10-15-13-11-7-5-4-6-8-11/h4-8,13H,2-3,9-10H2,1H3. The number of nitrogens with one attached hydrogen (secondary N) is 1. The summed E-state index contributed by atoms with van der Waals surface area (Å²) in [6, 6.07) is 9.51. The zero-order chi connectivity index (χ0) is 10.9. The maximum absolute atomic E-state index is 11.2. The van der Waals surface area contributed by atoms with Gasteiger partial charge in [-0.15, -0.1) is 0 Å². The maximum Gasteiger partial charge on any atom is 0.161 e. The van der Waals surface area contributed by atoms with E-state index >= 15 is 0 Å². The van der Waals surface area contributed by atoms with Crippen LogP contribution < -0.4 is 5.48 Å². The number of hydrogen-bond donors (Lipinski definition) is 1. The molecule has 0 unspecified atom stereocenters. The highest BCUT2D eigenvalue weighted by Crippen LogP contribution is 2.04. The number of para-hydroxylation sites is 1. The molecule has 0 aliphatic carbocycles. The van der Waals surface area contributed by atoms with Crippen LogP contribution in [0, 0.1) is 0 Å². The number of rotatable bonds is 7. The van der Waals surface area contributed by atoms with Gasteiger partial charge in [0.1, 0.15) is 6.61 Å². The molecule has 0 saturated heterocycles. The second-order valence-electron chi connectivity index (χ2n) is 3.40. The van der Waals surface area contributed by atoms with Crippen molar-refractivity contribution in [1.82, 2.24) is 0 Å². The summed E-state index contributed by atoms with van der Waals surface area (Å²) in [4.78, 5) is 16.3. The van der Waals surface area contributed by atoms with Crippen LogP contribution in [0.4, 0.5) is 5.69 Å². The first-order valence-corrected chi connectivity index (χ1v) is 5.27. The summed E-state index contributed by atoms with van der Waals surface area (Å²) in [6.07, 6.45) is 2.58. The molecule has 0 bridgehead atoms. The molecule has 0 aliphatic heterocycles. The van der Waals surface area contributed by atoms with Crippen LogP contribution >= 0.6 is 0 Å². The molecular formula is C12H17NO2. The fourth-order valence-corrected chi connectivity index (χ4v) is 1.15. The van der Waals surface area contributed by atoms with Gasteiger partial charge in [-0.2, -0.15) is 0 Å². The van der Waals surface area contributed by atoms with Crippen molar-refractivity contribution in [2.75, 3.05) is 12.1 Å². The van der Waals surface area contributed by atoms with Gasteiger partial charge in [0.05, 0.1) is 5.69 Å². The fourth-order valence-electron chi connectivity index (χ4n) is 1.15. The van der Waals surface area contributed by atoms with Crippen molar-refractivity contribution < 1.29 is 9.63 Å². The SMILES string of the molecule is CCCCC(=O)CONc1ccccc1. The van der Waals surface area contributed by atoms with Crippen molar-refractivity contribution >= 4 is 11.5 Å². The zero-order valence-electron chi connectivity index (χ0n) is 9.03. The van der Waals surface area contributed by atoms with Gasteiger partial charge in [-0.25, -0.2) is 0 Å². The van der Waals surface area contributed by atoms with E-state index in [1.165, 1.54) is 0 Å². The highest BCUT2D eigenvalue weighted by atomic mass is 16.6. The minimum Gasteiger partial charge on any atom is -0.297 e. The van der Waals surface area contributed by atoms with Gasteiger partial charge in [0, 0.05) is 6.42 Å². The van der Waals surface area contributed by atoms with Gasteiger partial charge in [-0.1, -0.05) is 31.5 Å². The van der Waals surface area contributed by atoms with E-state index < -0.39 is 0 Å². The Morgan fingerprint density at radius 1 is 1.33 bits per heavy atom. The Labute approximate surface area is 90.4 Å². The molecular weight excluding hydrogens is 190 g/mol. The third-order valence-corrected chi connectivity index (χ3v) is 2.01. The third kappa shape index (κ3) is 5.18. The fraction of sp³-hybridized carbons (Fsp3) is 0.417. The summed E-state index contributed by atoms with van der Waals surface area (Å²) >= 11 is 0. The Morgan fingerprint density at radius 2 is 2.07 bits per heavy atom. The first-order valence-electron chi connectivity index (χ1n) is 5.27. The quantitative estimate of drug-likeness (QED) is 0.699. The van der Waals surface area contributed by atoms with Crippen molar-refractivity contribution in [1.29, 1.82) is 0 Å². The van der Waals surface area contributed by atoms with Gasteiger partial charge in [-0.3, -0.25) is 15.1 Å². The lowest BCUT2D eigenvalue weighted by Gasteiger charge is -2.05. The highest BCUT2D eigenvalue weighted by molar-refractivity contribution is 5.79. The molecule has 0 spiro atoms. The van der Waals surface area contributed by atoms with Crippen LogP contribution in [0.25, 0.3) is 0 Å². The minimum atomic E-state index is 0.134. The summed E-state index contributed by atoms with van der Waals surface area (Å²) in [5.74, 6) is 0.139. The Morgan fingerprint density at radius 3 is 2.73 bits per heavy atom. The van der Waals surface area contributed by atoms with Crippen LogP contribution in [0.5, 0.6) is 0 Å². The summed E-state index contributed by atoms with van der Waals surface area (Å²) < 4.78 is 0. The van der Waals surface area contributed by atoms with E-state index in [2.05, 4.69) is 12.4 Å². The molecule has 0 amide bonds. The molecule has 0 radical (unpaired) electrons. The summed E-state index contributed by atoms with van der Waals surface area (Å²) in [5.41, 5.74) is 3.59. The van der Waals surface area contributed by atoms with Crippen LogP contribution in [0.2, 0.25) is 0 Å².